The molecule has 4 heteroatoms. The highest BCUT2D eigenvalue weighted by Crippen LogP contribution is 2.54. The second-order valence-electron chi connectivity index (χ2n) is 8.49. The van der Waals surface area contributed by atoms with Crippen molar-refractivity contribution < 1.29 is 19.1 Å². The van der Waals surface area contributed by atoms with Gasteiger partial charge in [0.05, 0.1) is 11.8 Å². The van der Waals surface area contributed by atoms with Crippen molar-refractivity contribution in [2.45, 2.75) is 133 Å². The molecule has 3 saturated heterocycles. The maximum atomic E-state index is 11.4. The molecular formula is C28H54O4. The summed E-state index contributed by atoms with van der Waals surface area (Å²) < 4.78 is 10.6. The summed E-state index contributed by atoms with van der Waals surface area (Å²) in [6.07, 6.45) is 10.1. The molecule has 7 aliphatic rings. The normalized spacial score (nSPS) is 37.3. The van der Waals surface area contributed by atoms with Crippen LogP contribution < -0.4 is 0 Å². The Morgan fingerprint density at radius 1 is 0.531 bits per heavy atom. The fourth-order valence-corrected chi connectivity index (χ4v) is 6.27. The van der Waals surface area contributed by atoms with Gasteiger partial charge in [0.2, 0.25) is 0 Å². The van der Waals surface area contributed by atoms with Crippen LogP contribution in [0.15, 0.2) is 0 Å². The lowest BCUT2D eigenvalue weighted by Gasteiger charge is -2.35. The third-order valence-corrected chi connectivity index (χ3v) is 7.03. The van der Waals surface area contributed by atoms with Crippen LogP contribution >= 0.6 is 0 Å². The van der Waals surface area contributed by atoms with Crippen molar-refractivity contribution in [3.05, 3.63) is 0 Å². The van der Waals surface area contributed by atoms with Crippen LogP contribution in [-0.2, 0) is 19.1 Å². The second-order valence-corrected chi connectivity index (χ2v) is 8.49. The highest BCUT2D eigenvalue weighted by Gasteiger charge is 2.56. The minimum Gasteiger partial charge on any atom is -0.462 e. The van der Waals surface area contributed by atoms with Gasteiger partial charge < -0.3 is 9.47 Å². The lowest BCUT2D eigenvalue weighted by molar-refractivity contribution is -0.151. The van der Waals surface area contributed by atoms with Crippen LogP contribution in [0.3, 0.4) is 0 Å². The number of rotatable bonds is 0. The van der Waals surface area contributed by atoms with E-state index in [9.17, 15) is 9.59 Å². The van der Waals surface area contributed by atoms with Crippen molar-refractivity contribution >= 4 is 11.9 Å². The molecule has 0 radical (unpaired) electrons. The van der Waals surface area contributed by atoms with Crippen molar-refractivity contribution in [2.24, 2.45) is 35.5 Å². The average molecular weight is 455 g/mol. The summed E-state index contributed by atoms with van der Waals surface area (Å²) in [6.45, 7) is 20.0. The molecule has 190 valence electrons. The Balaban J connectivity index is 0.000000438. The first-order valence-corrected chi connectivity index (χ1v) is 14.1. The second kappa shape index (κ2) is 16.5. The summed E-state index contributed by atoms with van der Waals surface area (Å²) >= 11 is 0. The number of esters is 2. The lowest BCUT2D eigenvalue weighted by Crippen LogP contribution is -2.29. The van der Waals surface area contributed by atoms with Crippen molar-refractivity contribution in [3.8, 4) is 0 Å². The molecule has 4 saturated carbocycles. The number of ether oxygens (including phenoxy) is 2. The van der Waals surface area contributed by atoms with E-state index in [0.717, 1.165) is 56.3 Å². The largest absolute Gasteiger partial charge is 0.462 e. The Bertz CT molecular complexity index is 502. The SMILES string of the molecule is CC.CC.CC.CC.CC.O=C1OC2CC3CC(C2)CC1C3.O=C1OC2CC3CC1C2C3. The van der Waals surface area contributed by atoms with Gasteiger partial charge in [0.1, 0.15) is 12.2 Å². The zero-order valence-electron chi connectivity index (χ0n) is 22.9. The van der Waals surface area contributed by atoms with Crippen LogP contribution in [0.4, 0.5) is 0 Å². The Labute approximate surface area is 199 Å². The minimum atomic E-state index is 0.0926. The van der Waals surface area contributed by atoms with Crippen molar-refractivity contribution in [2.75, 3.05) is 0 Å². The molecule has 3 heterocycles. The summed E-state index contributed by atoms with van der Waals surface area (Å²) in [7, 11) is 0. The van der Waals surface area contributed by atoms with Gasteiger partial charge in [-0.3, -0.25) is 9.59 Å². The minimum absolute atomic E-state index is 0.0926. The number of hydrogen-bond acceptors (Lipinski definition) is 4. The number of carbonyl (C=O) groups excluding carboxylic acids is 2. The van der Waals surface area contributed by atoms with Gasteiger partial charge >= 0.3 is 11.9 Å². The molecule has 4 nitrogen and oxygen atoms in total. The molecule has 6 atom stereocenters. The zero-order chi connectivity index (χ0) is 24.8. The van der Waals surface area contributed by atoms with Gasteiger partial charge in [0.25, 0.3) is 0 Å². The molecule has 6 bridgehead atoms. The van der Waals surface area contributed by atoms with Gasteiger partial charge in [0.15, 0.2) is 0 Å². The number of hydrogen-bond donors (Lipinski definition) is 0. The Morgan fingerprint density at radius 2 is 1.03 bits per heavy atom. The Kier molecular flexibility index (Phi) is 16.0. The molecule has 0 aromatic heterocycles. The standard InChI is InChI=1S/C10H14O2.C8H10O2.5C2H6/c11-10-8-2-6-1-7(3-8)5-9(4-6)12-10;9-8-6-2-4-1-5(6)7(3-4)10-8;5*1-2/h6-9H,1-5H2;4-7H,1-3H2;5*1-2H3. The van der Waals surface area contributed by atoms with E-state index in [-0.39, 0.29) is 24.0 Å². The molecule has 7 rings (SSSR count). The first kappa shape index (κ1) is 30.9. The van der Waals surface area contributed by atoms with E-state index in [1.807, 2.05) is 69.2 Å². The third kappa shape index (κ3) is 7.48. The quantitative estimate of drug-likeness (QED) is 0.350. The van der Waals surface area contributed by atoms with Gasteiger partial charge in [-0.25, -0.2) is 0 Å². The van der Waals surface area contributed by atoms with Crippen LogP contribution in [0.2, 0.25) is 0 Å². The summed E-state index contributed by atoms with van der Waals surface area (Å²) in [5.41, 5.74) is 0. The van der Waals surface area contributed by atoms with E-state index < -0.39 is 0 Å². The highest BCUT2D eigenvalue weighted by atomic mass is 16.6. The van der Waals surface area contributed by atoms with E-state index in [1.165, 1.54) is 12.8 Å². The van der Waals surface area contributed by atoms with Crippen LogP contribution in [-0.4, -0.2) is 24.1 Å². The summed E-state index contributed by atoms with van der Waals surface area (Å²) in [5.74, 6) is 3.83. The molecule has 0 aromatic rings. The maximum Gasteiger partial charge on any atom is 0.309 e. The molecule has 0 N–H and O–H groups in total. The summed E-state index contributed by atoms with van der Waals surface area (Å²) in [4.78, 5) is 22.5. The van der Waals surface area contributed by atoms with E-state index in [4.69, 9.17) is 9.47 Å². The van der Waals surface area contributed by atoms with Gasteiger partial charge in [-0.15, -0.1) is 0 Å². The molecule has 0 amide bonds. The van der Waals surface area contributed by atoms with Crippen LogP contribution in [0.5, 0.6) is 0 Å². The highest BCUT2D eigenvalue weighted by molar-refractivity contribution is 5.76. The van der Waals surface area contributed by atoms with Crippen LogP contribution in [0.25, 0.3) is 0 Å². The average Bonchev–Trinajstić information content (AvgIpc) is 3.45. The number of fused-ring (bicyclic) bond motifs is 2. The van der Waals surface area contributed by atoms with E-state index in [0.29, 0.717) is 17.9 Å². The molecule has 6 unspecified atom stereocenters. The van der Waals surface area contributed by atoms with Gasteiger partial charge in [-0.1, -0.05) is 69.2 Å². The molecule has 0 spiro atoms. The predicted molar refractivity (Wildman–Crippen MR) is 134 cm³/mol. The van der Waals surface area contributed by atoms with Crippen molar-refractivity contribution in [3.63, 3.8) is 0 Å². The van der Waals surface area contributed by atoms with E-state index in [1.54, 1.807) is 0 Å². The van der Waals surface area contributed by atoms with E-state index in [2.05, 4.69) is 0 Å². The summed E-state index contributed by atoms with van der Waals surface area (Å²) in [6, 6.07) is 0. The van der Waals surface area contributed by atoms with Gasteiger partial charge in [-0.05, 0) is 69.1 Å². The maximum absolute atomic E-state index is 11.4. The monoisotopic (exact) mass is 454 g/mol. The molecule has 7 fully saturated rings. The first-order chi connectivity index (χ1) is 15.7. The van der Waals surface area contributed by atoms with E-state index >= 15 is 0 Å². The smallest absolute Gasteiger partial charge is 0.309 e. The first-order valence-electron chi connectivity index (χ1n) is 14.1. The number of carbonyl (C=O) groups is 2. The molecule has 0 aromatic carbocycles. The fourth-order valence-electron chi connectivity index (χ4n) is 6.27. The Hall–Kier alpha value is -1.06. The fraction of sp³-hybridized carbons (Fsp3) is 0.929. The van der Waals surface area contributed by atoms with Crippen molar-refractivity contribution in [1.29, 1.82) is 0 Å². The van der Waals surface area contributed by atoms with Crippen molar-refractivity contribution in [1.82, 2.24) is 0 Å². The van der Waals surface area contributed by atoms with Crippen LogP contribution in [0, 0.1) is 35.5 Å². The zero-order valence-corrected chi connectivity index (χ0v) is 22.9. The lowest BCUT2D eigenvalue weighted by atomic mass is 9.68. The Morgan fingerprint density at radius 3 is 1.47 bits per heavy atom. The van der Waals surface area contributed by atoms with Gasteiger partial charge in [0, 0.05) is 5.92 Å². The van der Waals surface area contributed by atoms with Gasteiger partial charge in [-0.2, -0.15) is 0 Å². The molecular weight excluding hydrogens is 400 g/mol. The van der Waals surface area contributed by atoms with Crippen LogP contribution in [0.1, 0.15) is 121 Å². The predicted octanol–water partition coefficient (Wildman–Crippen LogP) is 7.83. The summed E-state index contributed by atoms with van der Waals surface area (Å²) in [5, 5.41) is 0. The topological polar surface area (TPSA) is 52.6 Å². The molecule has 4 aliphatic carbocycles. The third-order valence-electron chi connectivity index (χ3n) is 7.03. The molecule has 32 heavy (non-hydrogen) atoms. The molecule has 3 aliphatic heterocycles.